The van der Waals surface area contributed by atoms with Gasteiger partial charge in [-0.15, -0.1) is 0 Å². The van der Waals surface area contributed by atoms with E-state index in [-0.39, 0.29) is 30.1 Å². The maximum Gasteiger partial charge on any atom is 0.233 e. The van der Waals surface area contributed by atoms with Crippen molar-refractivity contribution in [3.8, 4) is 0 Å². The van der Waals surface area contributed by atoms with E-state index in [0.717, 1.165) is 12.0 Å². The van der Waals surface area contributed by atoms with Crippen LogP contribution in [0.25, 0.3) is 0 Å². The normalized spacial score (nSPS) is 13.8. The summed E-state index contributed by atoms with van der Waals surface area (Å²) in [5.74, 6) is -0.163. The molecule has 1 rings (SSSR count). The van der Waals surface area contributed by atoms with Gasteiger partial charge in [0, 0.05) is 16.6 Å². The van der Waals surface area contributed by atoms with E-state index in [9.17, 15) is 9.00 Å². The molecule has 2 atom stereocenters. The van der Waals surface area contributed by atoms with Crippen LogP contribution in [0.1, 0.15) is 31.0 Å². The number of carbonyl (C=O) groups excluding carboxylic acids is 1. The lowest BCUT2D eigenvalue weighted by Gasteiger charge is -2.14. The molecule has 1 aromatic rings. The van der Waals surface area contributed by atoms with Crippen molar-refractivity contribution in [3.63, 3.8) is 0 Å². The fourth-order valence-electron chi connectivity index (χ4n) is 1.73. The Morgan fingerprint density at radius 3 is 2.53 bits per heavy atom. The number of rotatable bonds is 7. The van der Waals surface area contributed by atoms with E-state index < -0.39 is 10.8 Å². The van der Waals surface area contributed by atoms with Crippen LogP contribution in [0.3, 0.4) is 0 Å². The molecule has 0 aliphatic heterocycles. The van der Waals surface area contributed by atoms with E-state index in [2.05, 4.69) is 12.2 Å². The highest BCUT2D eigenvalue weighted by Gasteiger charge is 2.12. The van der Waals surface area contributed by atoms with Gasteiger partial charge in [0.1, 0.15) is 5.75 Å². The summed E-state index contributed by atoms with van der Waals surface area (Å²) in [7, 11) is -1.29. The molecule has 106 valence electrons. The smallest absolute Gasteiger partial charge is 0.233 e. The highest BCUT2D eigenvalue weighted by Crippen LogP contribution is 2.13. The van der Waals surface area contributed by atoms with Gasteiger partial charge in [-0.3, -0.25) is 9.00 Å². The van der Waals surface area contributed by atoms with Crippen LogP contribution in [0.2, 0.25) is 0 Å². The minimum Gasteiger partial charge on any atom is -0.395 e. The summed E-state index contributed by atoms with van der Waals surface area (Å²) in [5, 5.41) is 11.4. The first-order valence-electron chi connectivity index (χ1n) is 6.40. The number of aryl methyl sites for hydroxylation is 1. The van der Waals surface area contributed by atoms with Crippen LogP contribution in [0, 0.1) is 0 Å². The lowest BCUT2D eigenvalue weighted by molar-refractivity contribution is -0.119. The maximum absolute atomic E-state index is 11.6. The molecule has 1 amide bonds. The first kappa shape index (κ1) is 15.9. The average Bonchev–Trinajstić information content (AvgIpc) is 2.38. The van der Waals surface area contributed by atoms with Crippen LogP contribution < -0.4 is 5.32 Å². The molecule has 0 saturated heterocycles. The van der Waals surface area contributed by atoms with Crippen LogP contribution in [-0.2, 0) is 22.0 Å². The van der Waals surface area contributed by atoms with E-state index in [1.807, 2.05) is 31.2 Å². The molecule has 0 bridgehead atoms. The fourth-order valence-corrected chi connectivity index (χ4v) is 2.45. The summed E-state index contributed by atoms with van der Waals surface area (Å²) < 4.78 is 11.3. The second-order valence-corrected chi connectivity index (χ2v) is 5.97. The predicted octanol–water partition coefficient (Wildman–Crippen LogP) is 1.17. The molecule has 0 saturated carbocycles. The van der Waals surface area contributed by atoms with Gasteiger partial charge < -0.3 is 10.4 Å². The number of benzene rings is 1. The predicted molar refractivity (Wildman–Crippen MR) is 77.3 cm³/mol. The third kappa shape index (κ3) is 5.53. The minimum atomic E-state index is -1.29. The van der Waals surface area contributed by atoms with E-state index in [1.165, 1.54) is 5.56 Å². The van der Waals surface area contributed by atoms with E-state index in [0.29, 0.717) is 0 Å². The van der Waals surface area contributed by atoms with Crippen molar-refractivity contribution in [3.05, 3.63) is 35.4 Å². The zero-order valence-electron chi connectivity index (χ0n) is 11.4. The number of aliphatic hydroxyl groups is 1. The molecule has 0 radical (unpaired) electrons. The van der Waals surface area contributed by atoms with Crippen molar-refractivity contribution >= 4 is 16.7 Å². The number of hydrogen-bond acceptors (Lipinski definition) is 3. The molecule has 19 heavy (non-hydrogen) atoms. The molecular formula is C14H21NO3S. The van der Waals surface area contributed by atoms with Crippen molar-refractivity contribution in [2.75, 3.05) is 18.1 Å². The summed E-state index contributed by atoms with van der Waals surface area (Å²) in [5.41, 5.74) is 2.28. The Hall–Kier alpha value is -1.20. The van der Waals surface area contributed by atoms with Crippen molar-refractivity contribution in [1.82, 2.24) is 5.32 Å². The number of nitrogens with one attached hydrogen (secondary N) is 1. The third-order valence-electron chi connectivity index (χ3n) is 2.88. The molecule has 0 spiro atoms. The lowest BCUT2D eigenvalue weighted by Crippen LogP contribution is -2.31. The number of carbonyl (C=O) groups is 1. The summed E-state index contributed by atoms with van der Waals surface area (Å²) >= 11 is 0. The van der Waals surface area contributed by atoms with Crippen molar-refractivity contribution < 1.29 is 14.1 Å². The van der Waals surface area contributed by atoms with Crippen molar-refractivity contribution in [1.29, 1.82) is 0 Å². The van der Waals surface area contributed by atoms with Crippen molar-refractivity contribution in [2.24, 2.45) is 0 Å². The number of aliphatic hydroxyl groups excluding tert-OH is 1. The Bertz CT molecular complexity index is 431. The Kier molecular flexibility index (Phi) is 6.73. The van der Waals surface area contributed by atoms with Gasteiger partial charge in [-0.2, -0.15) is 0 Å². The number of hydrogen-bond donors (Lipinski definition) is 2. The Morgan fingerprint density at radius 1 is 1.37 bits per heavy atom. The highest BCUT2D eigenvalue weighted by molar-refractivity contribution is 7.85. The quantitative estimate of drug-likeness (QED) is 0.789. The Morgan fingerprint density at radius 2 is 2.00 bits per heavy atom. The molecule has 0 heterocycles. The fraction of sp³-hybridized carbons (Fsp3) is 0.500. The minimum absolute atomic E-state index is 0.0576. The number of amides is 1. The lowest BCUT2D eigenvalue weighted by atomic mass is 10.1. The highest BCUT2D eigenvalue weighted by atomic mass is 32.2. The van der Waals surface area contributed by atoms with Gasteiger partial charge in [0.25, 0.3) is 0 Å². The van der Waals surface area contributed by atoms with Crippen LogP contribution in [-0.4, -0.2) is 33.3 Å². The second-order valence-electron chi connectivity index (χ2n) is 4.40. The van der Waals surface area contributed by atoms with Crippen LogP contribution in [0.15, 0.2) is 24.3 Å². The van der Waals surface area contributed by atoms with Crippen LogP contribution in [0.4, 0.5) is 0 Å². The molecule has 0 aliphatic rings. The van der Waals surface area contributed by atoms with Gasteiger partial charge in [-0.25, -0.2) is 0 Å². The SMILES string of the molecule is CCc1ccc(C(C)NC(=O)CS(=O)CCO)cc1. The summed E-state index contributed by atoms with van der Waals surface area (Å²) in [6.45, 7) is 3.83. The van der Waals surface area contributed by atoms with Gasteiger partial charge >= 0.3 is 0 Å². The monoisotopic (exact) mass is 283 g/mol. The molecule has 1 aromatic carbocycles. The zero-order valence-corrected chi connectivity index (χ0v) is 12.2. The molecular weight excluding hydrogens is 262 g/mol. The zero-order chi connectivity index (χ0) is 14.3. The van der Waals surface area contributed by atoms with Crippen molar-refractivity contribution in [2.45, 2.75) is 26.3 Å². The molecule has 2 N–H and O–H groups in total. The van der Waals surface area contributed by atoms with Crippen LogP contribution >= 0.6 is 0 Å². The van der Waals surface area contributed by atoms with E-state index >= 15 is 0 Å². The molecule has 0 aliphatic carbocycles. The van der Waals surface area contributed by atoms with Gasteiger partial charge in [0.15, 0.2) is 0 Å². The first-order chi connectivity index (χ1) is 9.06. The average molecular weight is 283 g/mol. The summed E-state index contributed by atoms with van der Waals surface area (Å²) in [6, 6.07) is 7.97. The Labute approximate surface area is 116 Å². The summed E-state index contributed by atoms with van der Waals surface area (Å²) in [4.78, 5) is 11.6. The molecule has 0 fully saturated rings. The van der Waals surface area contributed by atoms with E-state index in [4.69, 9.17) is 5.11 Å². The van der Waals surface area contributed by atoms with Gasteiger partial charge in [-0.05, 0) is 24.5 Å². The van der Waals surface area contributed by atoms with Gasteiger partial charge in [0.2, 0.25) is 5.91 Å². The largest absolute Gasteiger partial charge is 0.395 e. The molecule has 5 heteroatoms. The standard InChI is InChI=1S/C14H21NO3S/c1-3-12-4-6-13(7-5-12)11(2)15-14(17)10-19(18)9-8-16/h4-7,11,16H,3,8-10H2,1-2H3,(H,15,17). The molecule has 4 nitrogen and oxygen atoms in total. The summed E-state index contributed by atoms with van der Waals surface area (Å²) in [6.07, 6.45) is 0.987. The van der Waals surface area contributed by atoms with Gasteiger partial charge in [-0.1, -0.05) is 31.2 Å². The second kappa shape index (κ2) is 8.07. The van der Waals surface area contributed by atoms with Crippen LogP contribution in [0.5, 0.6) is 0 Å². The first-order valence-corrected chi connectivity index (χ1v) is 7.89. The topological polar surface area (TPSA) is 66.4 Å². The Balaban J connectivity index is 2.51. The van der Waals surface area contributed by atoms with Gasteiger partial charge in [0.05, 0.1) is 12.6 Å². The maximum atomic E-state index is 11.6. The van der Waals surface area contributed by atoms with E-state index in [1.54, 1.807) is 0 Å². The third-order valence-corrected chi connectivity index (χ3v) is 4.10. The molecule has 2 unspecified atom stereocenters. The molecule has 0 aromatic heterocycles.